The topological polar surface area (TPSA) is 61.8 Å². The number of piperidine rings is 1. The first-order chi connectivity index (χ1) is 8.13. The van der Waals surface area contributed by atoms with Crippen molar-refractivity contribution >= 4 is 5.96 Å². The lowest BCUT2D eigenvalue weighted by atomic mass is 9.77. The van der Waals surface area contributed by atoms with Gasteiger partial charge in [0, 0.05) is 18.5 Å². The molecule has 0 bridgehead atoms. The number of hydrogen-bond donors (Lipinski definition) is 2. The summed E-state index contributed by atoms with van der Waals surface area (Å²) in [6, 6.07) is 0. The molecule has 0 aliphatic carbocycles. The van der Waals surface area contributed by atoms with E-state index in [0.717, 1.165) is 13.1 Å². The molecule has 18 heavy (non-hydrogen) atoms. The van der Waals surface area contributed by atoms with Crippen LogP contribution in [0.25, 0.3) is 0 Å². The predicted molar refractivity (Wildman–Crippen MR) is 76.5 cm³/mol. The molecule has 1 fully saturated rings. The average Bonchev–Trinajstić information content (AvgIpc) is 2.24. The number of nitrogens with two attached hydrogens (primary N) is 1. The van der Waals surface area contributed by atoms with E-state index in [1.54, 1.807) is 0 Å². The Morgan fingerprint density at radius 1 is 1.39 bits per heavy atom. The lowest BCUT2D eigenvalue weighted by Gasteiger charge is -2.37. The summed E-state index contributed by atoms with van der Waals surface area (Å²) in [4.78, 5) is 6.64. The third kappa shape index (κ3) is 3.87. The highest BCUT2D eigenvalue weighted by molar-refractivity contribution is 5.78. The number of guanidine groups is 1. The van der Waals surface area contributed by atoms with E-state index in [1.165, 1.54) is 12.8 Å². The van der Waals surface area contributed by atoms with Crippen molar-refractivity contribution in [1.29, 1.82) is 0 Å². The molecule has 0 aromatic heterocycles. The second-order valence-electron chi connectivity index (χ2n) is 6.81. The van der Waals surface area contributed by atoms with Crippen LogP contribution in [0.1, 0.15) is 47.5 Å². The van der Waals surface area contributed by atoms with Gasteiger partial charge in [-0.1, -0.05) is 20.8 Å². The minimum Gasteiger partial charge on any atom is -0.390 e. The van der Waals surface area contributed by atoms with Gasteiger partial charge in [0.15, 0.2) is 5.96 Å². The van der Waals surface area contributed by atoms with Gasteiger partial charge < -0.3 is 15.7 Å². The van der Waals surface area contributed by atoms with E-state index < -0.39 is 5.60 Å². The summed E-state index contributed by atoms with van der Waals surface area (Å²) in [5.74, 6) is 1.31. The van der Waals surface area contributed by atoms with Crippen LogP contribution in [0.4, 0.5) is 0 Å². The van der Waals surface area contributed by atoms with Crippen molar-refractivity contribution in [3.8, 4) is 0 Å². The van der Waals surface area contributed by atoms with Crippen LogP contribution in [-0.2, 0) is 0 Å². The fourth-order valence-corrected chi connectivity index (χ4v) is 1.97. The Kier molecular flexibility index (Phi) is 4.65. The molecule has 1 unspecified atom stereocenters. The van der Waals surface area contributed by atoms with Gasteiger partial charge in [-0.2, -0.15) is 0 Å². The van der Waals surface area contributed by atoms with Crippen LogP contribution in [0.3, 0.4) is 0 Å². The lowest BCUT2D eigenvalue weighted by Crippen LogP contribution is -2.45. The second-order valence-corrected chi connectivity index (χ2v) is 6.81. The van der Waals surface area contributed by atoms with Gasteiger partial charge in [-0.25, -0.2) is 0 Å². The molecule has 106 valence electrons. The molecule has 1 rings (SSSR count). The number of rotatable bonds is 3. The summed E-state index contributed by atoms with van der Waals surface area (Å²) < 4.78 is 0. The van der Waals surface area contributed by atoms with Crippen molar-refractivity contribution in [3.63, 3.8) is 0 Å². The molecule has 0 saturated carbocycles. The van der Waals surface area contributed by atoms with E-state index in [-0.39, 0.29) is 5.41 Å². The highest BCUT2D eigenvalue weighted by Gasteiger charge is 2.35. The summed E-state index contributed by atoms with van der Waals surface area (Å²) >= 11 is 0. The molecule has 1 aliphatic rings. The van der Waals surface area contributed by atoms with Crippen molar-refractivity contribution < 1.29 is 5.11 Å². The Hall–Kier alpha value is -0.770. The Labute approximate surface area is 111 Å². The van der Waals surface area contributed by atoms with Crippen molar-refractivity contribution in [2.45, 2.75) is 53.1 Å². The second kappa shape index (κ2) is 5.47. The normalized spacial score (nSPS) is 23.3. The van der Waals surface area contributed by atoms with Crippen molar-refractivity contribution in [2.75, 3.05) is 19.6 Å². The van der Waals surface area contributed by atoms with Crippen LogP contribution in [0.2, 0.25) is 0 Å². The van der Waals surface area contributed by atoms with Gasteiger partial charge in [0.1, 0.15) is 0 Å². The molecule has 3 N–H and O–H groups in total. The Bertz CT molecular complexity index is 305. The molecule has 0 aromatic rings. The van der Waals surface area contributed by atoms with Crippen LogP contribution in [0, 0.1) is 11.3 Å². The average molecular weight is 255 g/mol. The molecule has 1 atom stereocenters. The molecule has 4 nitrogen and oxygen atoms in total. The van der Waals surface area contributed by atoms with Gasteiger partial charge in [0.05, 0.1) is 12.1 Å². The SMILES string of the molecule is CC1CCCN(C(N)=NCC(C)(C)C(C)(C)O)C1. The quantitative estimate of drug-likeness (QED) is 0.597. The van der Waals surface area contributed by atoms with Gasteiger partial charge in [0.2, 0.25) is 0 Å². The third-order valence-electron chi connectivity index (χ3n) is 4.27. The summed E-state index contributed by atoms with van der Waals surface area (Å²) in [7, 11) is 0. The maximum absolute atomic E-state index is 10.1. The molecule has 1 saturated heterocycles. The van der Waals surface area contributed by atoms with Crippen molar-refractivity contribution in [2.24, 2.45) is 22.1 Å². The van der Waals surface area contributed by atoms with Gasteiger partial charge in [-0.3, -0.25) is 4.99 Å². The molecule has 4 heteroatoms. The van der Waals surface area contributed by atoms with E-state index in [4.69, 9.17) is 5.73 Å². The fourth-order valence-electron chi connectivity index (χ4n) is 1.97. The standard InChI is InChI=1S/C14H29N3O/c1-11-7-6-8-17(9-11)12(15)16-10-13(2,3)14(4,5)18/h11,18H,6-10H2,1-5H3,(H2,15,16). The maximum atomic E-state index is 10.1. The molecule has 0 spiro atoms. The molecular formula is C14H29N3O. The van der Waals surface area contributed by atoms with Crippen LogP contribution >= 0.6 is 0 Å². The van der Waals surface area contributed by atoms with E-state index in [1.807, 2.05) is 27.7 Å². The molecule has 0 amide bonds. The van der Waals surface area contributed by atoms with Gasteiger partial charge in [-0.05, 0) is 32.6 Å². The highest BCUT2D eigenvalue weighted by Crippen LogP contribution is 2.30. The van der Waals surface area contributed by atoms with Gasteiger partial charge >= 0.3 is 0 Å². The monoisotopic (exact) mass is 255 g/mol. The predicted octanol–water partition coefficient (Wildman–Crippen LogP) is 1.83. The smallest absolute Gasteiger partial charge is 0.191 e. The zero-order valence-corrected chi connectivity index (χ0v) is 12.5. The molecule has 1 aliphatic heterocycles. The zero-order valence-electron chi connectivity index (χ0n) is 12.5. The van der Waals surface area contributed by atoms with Gasteiger partial charge in [-0.15, -0.1) is 0 Å². The minimum atomic E-state index is -0.758. The van der Waals surface area contributed by atoms with Crippen LogP contribution in [0.5, 0.6) is 0 Å². The first-order valence-corrected chi connectivity index (χ1v) is 6.91. The van der Waals surface area contributed by atoms with Crippen LogP contribution in [-0.4, -0.2) is 41.2 Å². The number of nitrogens with zero attached hydrogens (tertiary/aromatic N) is 2. The highest BCUT2D eigenvalue weighted by atomic mass is 16.3. The fraction of sp³-hybridized carbons (Fsp3) is 0.929. The summed E-state index contributed by atoms with van der Waals surface area (Å²) in [5.41, 5.74) is 5.02. The minimum absolute atomic E-state index is 0.279. The molecular weight excluding hydrogens is 226 g/mol. The Morgan fingerprint density at radius 3 is 2.50 bits per heavy atom. The number of hydrogen-bond acceptors (Lipinski definition) is 2. The largest absolute Gasteiger partial charge is 0.390 e. The summed E-state index contributed by atoms with van der Waals surface area (Å²) in [6.07, 6.45) is 2.46. The maximum Gasteiger partial charge on any atom is 0.191 e. The zero-order chi connectivity index (χ0) is 14.0. The Balaban J connectivity index is 2.61. The van der Waals surface area contributed by atoms with Gasteiger partial charge in [0.25, 0.3) is 0 Å². The van der Waals surface area contributed by atoms with Crippen molar-refractivity contribution in [3.05, 3.63) is 0 Å². The summed E-state index contributed by atoms with van der Waals surface area (Å²) in [6.45, 7) is 12.5. The summed E-state index contributed by atoms with van der Waals surface area (Å²) in [5, 5.41) is 10.1. The van der Waals surface area contributed by atoms with E-state index in [0.29, 0.717) is 18.4 Å². The number of aliphatic imine (C=N–C) groups is 1. The molecule has 0 aromatic carbocycles. The first-order valence-electron chi connectivity index (χ1n) is 6.91. The van der Waals surface area contributed by atoms with E-state index >= 15 is 0 Å². The first kappa shape index (κ1) is 15.3. The Morgan fingerprint density at radius 2 is 2.00 bits per heavy atom. The number of likely N-dealkylation sites (tertiary alicyclic amines) is 1. The van der Waals surface area contributed by atoms with Crippen molar-refractivity contribution in [1.82, 2.24) is 4.90 Å². The lowest BCUT2D eigenvalue weighted by molar-refractivity contribution is -0.0291. The van der Waals surface area contributed by atoms with E-state index in [2.05, 4.69) is 16.8 Å². The van der Waals surface area contributed by atoms with E-state index in [9.17, 15) is 5.11 Å². The third-order valence-corrected chi connectivity index (χ3v) is 4.27. The van der Waals surface area contributed by atoms with Crippen LogP contribution < -0.4 is 5.73 Å². The number of aliphatic hydroxyl groups is 1. The molecule has 0 radical (unpaired) electrons. The molecule has 1 heterocycles. The van der Waals surface area contributed by atoms with Crippen LogP contribution in [0.15, 0.2) is 4.99 Å².